The summed E-state index contributed by atoms with van der Waals surface area (Å²) in [6, 6.07) is 58.0. The molecular formula is C77H84F3N17O8. The highest BCUT2D eigenvalue weighted by Gasteiger charge is 2.37. The fraction of sp³-hybridized carbons (Fsp3) is 0.260. The average Bonchev–Trinajstić information content (AvgIpc) is 1.61. The van der Waals surface area contributed by atoms with E-state index in [1.54, 1.807) is 103 Å². The molecule has 28 heteroatoms. The first-order chi connectivity index (χ1) is 50.4. The first-order valence-corrected chi connectivity index (χ1v) is 33.8. The summed E-state index contributed by atoms with van der Waals surface area (Å²) in [5.41, 5.74) is 27.1. The minimum Gasteiger partial charge on any atom is -0.489 e. The second-order valence-electron chi connectivity index (χ2n) is 25.0. The van der Waals surface area contributed by atoms with Crippen molar-refractivity contribution in [2.45, 2.75) is 93.8 Å². The molecule has 0 aromatic heterocycles. The van der Waals surface area contributed by atoms with Crippen molar-refractivity contribution >= 4 is 64.0 Å². The zero-order valence-electron chi connectivity index (χ0n) is 57.4. The number of nitrogen functional groups attached to an aromatic ring is 4. The monoisotopic (exact) mass is 1430 g/mol. The number of rotatable bonds is 22. The van der Waals surface area contributed by atoms with Gasteiger partial charge >= 0.3 is 6.18 Å². The molecule has 25 nitrogen and oxygen atoms in total. The zero-order chi connectivity index (χ0) is 75.0. The van der Waals surface area contributed by atoms with Crippen LogP contribution in [0, 0.1) is 39.9 Å². The predicted molar refractivity (Wildman–Crippen MR) is 396 cm³/mol. The highest BCUT2D eigenvalue weighted by molar-refractivity contribution is 5.99. The van der Waals surface area contributed by atoms with Crippen LogP contribution in [0.3, 0.4) is 0 Å². The smallest absolute Gasteiger partial charge is 0.418 e. The molecule has 0 spiro atoms. The summed E-state index contributed by atoms with van der Waals surface area (Å²) < 4.78 is 62.7. The number of halogens is 3. The van der Waals surface area contributed by atoms with E-state index in [4.69, 9.17) is 68.8 Å². The Morgan fingerprint density at radius 3 is 1.16 bits per heavy atom. The molecule has 4 saturated heterocycles. The maximum absolute atomic E-state index is 13.1. The Morgan fingerprint density at radius 1 is 0.448 bits per heavy atom. The van der Waals surface area contributed by atoms with E-state index in [0.29, 0.717) is 115 Å². The lowest BCUT2D eigenvalue weighted by molar-refractivity contribution is -0.137. The van der Waals surface area contributed by atoms with Crippen molar-refractivity contribution < 1.29 is 51.3 Å². The molecule has 4 heterocycles. The molecule has 4 aliphatic rings. The van der Waals surface area contributed by atoms with E-state index in [1.165, 1.54) is 23.8 Å². The number of anilines is 3. The molecule has 0 radical (unpaired) electrons. The molecule has 12 rings (SSSR count). The minimum absolute atomic E-state index is 0.00418. The van der Waals surface area contributed by atoms with Crippen molar-refractivity contribution in [3.8, 4) is 29.1 Å². The number of carbonyl (C=O) groups excluding carboxylic acids is 4. The van der Waals surface area contributed by atoms with Crippen LogP contribution in [0.25, 0.3) is 0 Å². The molecule has 20 N–H and O–H groups in total. The van der Waals surface area contributed by atoms with Crippen LogP contribution < -0.4 is 84.4 Å². The summed E-state index contributed by atoms with van der Waals surface area (Å²) in [7, 11) is 0. The van der Waals surface area contributed by atoms with Crippen molar-refractivity contribution in [2.75, 3.05) is 48.7 Å². The van der Waals surface area contributed by atoms with Gasteiger partial charge in [0.05, 0.1) is 46.7 Å². The summed E-state index contributed by atoms with van der Waals surface area (Å²) in [6.45, 7) is 4.68. The van der Waals surface area contributed by atoms with E-state index in [9.17, 15) is 32.3 Å². The zero-order valence-corrected chi connectivity index (χ0v) is 57.4. The van der Waals surface area contributed by atoms with Gasteiger partial charge in [-0.2, -0.15) is 18.4 Å². The van der Waals surface area contributed by atoms with Gasteiger partial charge in [0.1, 0.15) is 76.8 Å². The van der Waals surface area contributed by atoms with Crippen LogP contribution in [0.1, 0.15) is 70.2 Å². The molecule has 8 aromatic carbocycles. The third kappa shape index (κ3) is 23.2. The van der Waals surface area contributed by atoms with E-state index in [0.717, 1.165) is 23.7 Å². The Balaban J connectivity index is 0.000000162. The van der Waals surface area contributed by atoms with Gasteiger partial charge in [0.15, 0.2) is 0 Å². The quantitative estimate of drug-likeness (QED) is 0.0227. The molecule has 0 saturated carbocycles. The molecular weight excluding hydrogens is 1350 g/mol. The first-order valence-electron chi connectivity index (χ1n) is 33.8. The SMILES string of the molecule is Cc1ccccc1NC(=O)[C@@H]1C[C@@H](Oc2cccc(C(=N)N)c2)CN1.N#Cc1ccccc1NC(=O)[C@@H]1C[C@@H](Oc2cccc(C(=N)N)c2)CN1.N=C(N)c1cccc(O[C@H]2CN[C@H](C(=O)NCCc3ccccc3)C2)c1.N=C(N)c1cccc(O[C@H]2CN[C@H](C(=O)Nc3ccccc3C(F)(F)F)C2)c1. The van der Waals surface area contributed by atoms with Crippen LogP contribution in [0.15, 0.2) is 200 Å². The van der Waals surface area contributed by atoms with Gasteiger partial charge in [-0.05, 0) is 103 Å². The number of benzene rings is 8. The van der Waals surface area contributed by atoms with Crippen molar-refractivity contribution in [1.29, 1.82) is 26.9 Å². The molecule has 0 aliphatic carbocycles. The summed E-state index contributed by atoms with van der Waals surface area (Å²) in [5.74, 6) is 1.53. The Labute approximate surface area is 605 Å². The Hall–Kier alpha value is -12.2. The second-order valence-corrected chi connectivity index (χ2v) is 25.0. The van der Waals surface area contributed by atoms with Crippen molar-refractivity contribution in [3.63, 3.8) is 0 Å². The first kappa shape index (κ1) is 77.0. The van der Waals surface area contributed by atoms with Gasteiger partial charge in [-0.1, -0.05) is 121 Å². The Bertz CT molecular complexity index is 4430. The highest BCUT2D eigenvalue weighted by Crippen LogP contribution is 2.35. The number of carbonyl (C=O) groups is 4. The van der Waals surface area contributed by atoms with Gasteiger partial charge in [0.25, 0.3) is 0 Å². The summed E-state index contributed by atoms with van der Waals surface area (Å²) in [5, 5.41) is 62.6. The molecule has 8 aromatic rings. The summed E-state index contributed by atoms with van der Waals surface area (Å²) in [6.07, 6.45) is -2.43. The fourth-order valence-electron chi connectivity index (χ4n) is 11.7. The van der Waals surface area contributed by atoms with Gasteiger partial charge < -0.3 is 84.4 Å². The van der Waals surface area contributed by atoms with Crippen LogP contribution in [0.4, 0.5) is 30.2 Å². The number of hydrogen-bond donors (Lipinski definition) is 16. The molecule has 4 fully saturated rings. The van der Waals surface area contributed by atoms with Crippen LogP contribution in [-0.2, 0) is 31.8 Å². The number of hydrogen-bond acceptors (Lipinski definition) is 17. The highest BCUT2D eigenvalue weighted by atomic mass is 19.4. The van der Waals surface area contributed by atoms with E-state index in [1.807, 2.05) is 67.6 Å². The standard InChI is InChI=1S/C20H24N4O2.C19H19F3N4O2.C19H19N5O2.C19H22N4O2/c21-19(22)15-7-4-8-16(11-15)26-17-12-18(24-13-17)20(25)23-10-9-14-5-2-1-3-6-14;20-19(21,22)14-6-1-2-7-15(14)26-18(27)16-9-13(10-25-16)28-12-5-3-4-11(8-12)17(23)24;20-10-13-4-1-2-7-16(13)24-19(25)17-9-15(11-23-17)26-14-6-3-5-12(8-14)18(21)22;1-12-5-2-3-8-16(12)23-19(24)17-10-15(11-22-17)25-14-7-4-6-13(9-14)18(20)21/h1-8,11,17-18,24H,9-10,12-13H2,(H3,21,22)(H,23,25);1-8,13,16,25H,9-10H2,(H3,23,24)(H,26,27);1-8,15,17,23H,9,11H2,(H3,21,22)(H,24,25);2-9,15,17,22H,10-11H2,1H3,(H3,20,21)(H,23,24)/t17-,18+;13-,16+;2*15-,17+/m1111/s1. The van der Waals surface area contributed by atoms with E-state index in [-0.39, 0.29) is 83.3 Å². The summed E-state index contributed by atoms with van der Waals surface area (Å²) >= 11 is 0. The van der Waals surface area contributed by atoms with Crippen molar-refractivity contribution in [3.05, 3.63) is 245 Å². The van der Waals surface area contributed by atoms with Gasteiger partial charge in [-0.15, -0.1) is 0 Å². The molecule has 0 bridgehead atoms. The van der Waals surface area contributed by atoms with Crippen LogP contribution in [0.2, 0.25) is 0 Å². The lowest BCUT2D eigenvalue weighted by Crippen LogP contribution is -2.41. The number of nitriles is 1. The number of ether oxygens (including phenoxy) is 4. The third-order valence-electron chi connectivity index (χ3n) is 17.2. The Kier molecular flexibility index (Phi) is 27.2. The predicted octanol–water partition coefficient (Wildman–Crippen LogP) is 7.79. The molecule has 546 valence electrons. The Morgan fingerprint density at radius 2 is 0.781 bits per heavy atom. The fourth-order valence-corrected chi connectivity index (χ4v) is 11.7. The number of amidine groups is 4. The second kappa shape index (κ2) is 37.1. The molecule has 8 atom stereocenters. The molecule has 105 heavy (non-hydrogen) atoms. The molecule has 0 unspecified atom stereocenters. The topological polar surface area (TPSA) is 425 Å². The number of para-hydroxylation sites is 3. The molecule has 4 amide bonds. The van der Waals surface area contributed by atoms with Gasteiger partial charge in [0.2, 0.25) is 23.6 Å². The number of amides is 4. The van der Waals surface area contributed by atoms with Gasteiger partial charge in [0, 0.05) is 86.3 Å². The maximum atomic E-state index is 13.1. The third-order valence-corrected chi connectivity index (χ3v) is 17.2. The van der Waals surface area contributed by atoms with E-state index in [2.05, 4.69) is 60.7 Å². The minimum atomic E-state index is -4.56. The number of nitrogens with two attached hydrogens (primary N) is 4. The van der Waals surface area contributed by atoms with E-state index >= 15 is 0 Å². The van der Waals surface area contributed by atoms with E-state index < -0.39 is 29.7 Å². The lowest BCUT2D eigenvalue weighted by Gasteiger charge is -2.16. The van der Waals surface area contributed by atoms with Crippen molar-refractivity contribution in [1.82, 2.24) is 26.6 Å². The maximum Gasteiger partial charge on any atom is 0.418 e. The van der Waals surface area contributed by atoms with Crippen LogP contribution >= 0.6 is 0 Å². The number of nitrogens with one attached hydrogen (secondary N) is 12. The summed E-state index contributed by atoms with van der Waals surface area (Å²) in [4.78, 5) is 49.6. The number of alkyl halides is 3. The average molecular weight is 1430 g/mol. The van der Waals surface area contributed by atoms with Crippen LogP contribution in [-0.4, -0.2) is 128 Å². The number of aryl methyl sites for hydroxylation is 1. The largest absolute Gasteiger partial charge is 0.489 e. The normalized spacial score (nSPS) is 19.1. The van der Waals surface area contributed by atoms with Gasteiger partial charge in [-0.3, -0.25) is 40.8 Å². The van der Waals surface area contributed by atoms with Crippen molar-refractivity contribution in [2.24, 2.45) is 22.9 Å². The molecule has 4 aliphatic heterocycles. The van der Waals surface area contributed by atoms with Gasteiger partial charge in [-0.25, -0.2) is 0 Å². The number of nitrogens with zero attached hydrogens (tertiary/aromatic N) is 1. The lowest BCUT2D eigenvalue weighted by atomic mass is 10.1. The van der Waals surface area contributed by atoms with Crippen LogP contribution in [0.5, 0.6) is 23.0 Å².